The molecule has 1 saturated heterocycles. The lowest BCUT2D eigenvalue weighted by molar-refractivity contribution is -0.143. The third-order valence-electron chi connectivity index (χ3n) is 3.78. The van der Waals surface area contributed by atoms with Crippen LogP contribution in [0.3, 0.4) is 0 Å². The van der Waals surface area contributed by atoms with Gasteiger partial charge in [-0.1, -0.05) is 72.9 Å². The van der Waals surface area contributed by atoms with E-state index in [2.05, 4.69) is 0 Å². The highest BCUT2D eigenvalue weighted by Crippen LogP contribution is 2.31. The molecule has 26 heavy (non-hydrogen) atoms. The fraction of sp³-hybridized carbons (Fsp3) is 0.350. The van der Waals surface area contributed by atoms with Crippen molar-refractivity contribution in [3.05, 3.63) is 53.0 Å². The van der Waals surface area contributed by atoms with E-state index in [1.165, 1.54) is 11.8 Å². The Balaban J connectivity index is 1.78. The van der Waals surface area contributed by atoms with Gasteiger partial charge in [0.25, 0.3) is 5.91 Å². The van der Waals surface area contributed by atoms with Gasteiger partial charge in [0.2, 0.25) is 0 Å². The number of ether oxygens (including phenoxy) is 1. The van der Waals surface area contributed by atoms with Gasteiger partial charge in [0.05, 0.1) is 11.5 Å². The first-order valence-corrected chi connectivity index (χ1v) is 9.97. The van der Waals surface area contributed by atoms with Gasteiger partial charge in [-0.2, -0.15) is 0 Å². The monoisotopic (exact) mass is 389 g/mol. The fourth-order valence-electron chi connectivity index (χ4n) is 2.47. The molecule has 1 aromatic carbocycles. The van der Waals surface area contributed by atoms with Gasteiger partial charge in [-0.25, -0.2) is 0 Å². The Morgan fingerprint density at radius 3 is 2.73 bits per heavy atom. The topological polar surface area (TPSA) is 46.6 Å². The summed E-state index contributed by atoms with van der Waals surface area (Å²) in [5, 5.41) is 0. The van der Waals surface area contributed by atoms with Crippen LogP contribution in [-0.2, 0) is 14.3 Å². The average Bonchev–Trinajstić information content (AvgIpc) is 2.90. The fourth-order valence-corrected chi connectivity index (χ4v) is 3.73. The predicted octanol–water partition coefficient (Wildman–Crippen LogP) is 4.57. The van der Waals surface area contributed by atoms with Crippen LogP contribution in [0, 0.1) is 0 Å². The minimum absolute atomic E-state index is 0.0388. The molecule has 0 aliphatic carbocycles. The lowest BCUT2D eigenvalue weighted by atomic mass is 10.2. The van der Waals surface area contributed by atoms with Crippen LogP contribution in [0.5, 0.6) is 0 Å². The molecule has 2 rings (SSSR count). The smallest absolute Gasteiger partial charge is 0.305 e. The Kier molecular flexibility index (Phi) is 8.58. The number of carbonyl (C=O) groups is 2. The summed E-state index contributed by atoms with van der Waals surface area (Å²) in [6.07, 6.45) is 8.53. The highest BCUT2D eigenvalue weighted by molar-refractivity contribution is 8.26. The summed E-state index contributed by atoms with van der Waals surface area (Å²) in [6, 6.07) is 9.93. The van der Waals surface area contributed by atoms with Crippen LogP contribution in [0.1, 0.15) is 38.2 Å². The normalized spacial score (nSPS) is 16.0. The Labute approximate surface area is 164 Å². The molecule has 1 heterocycles. The van der Waals surface area contributed by atoms with Gasteiger partial charge < -0.3 is 4.74 Å². The highest BCUT2D eigenvalue weighted by Gasteiger charge is 2.30. The van der Waals surface area contributed by atoms with Crippen LogP contribution >= 0.6 is 24.0 Å². The van der Waals surface area contributed by atoms with Gasteiger partial charge in [-0.3, -0.25) is 14.5 Å². The first-order valence-electron chi connectivity index (χ1n) is 8.74. The summed E-state index contributed by atoms with van der Waals surface area (Å²) in [4.78, 5) is 26.0. The Hall–Kier alpha value is -1.92. The molecular formula is C20H23NO3S2. The molecule has 1 fully saturated rings. The van der Waals surface area contributed by atoms with Gasteiger partial charge in [-0.05, 0) is 31.4 Å². The second-order valence-corrected chi connectivity index (χ2v) is 7.42. The number of benzene rings is 1. The molecule has 4 nitrogen and oxygen atoms in total. The van der Waals surface area contributed by atoms with Crippen molar-refractivity contribution in [2.45, 2.75) is 32.6 Å². The van der Waals surface area contributed by atoms with Crippen LogP contribution in [0.4, 0.5) is 0 Å². The molecule has 0 N–H and O–H groups in total. The molecule has 0 aromatic heterocycles. The third kappa shape index (κ3) is 6.42. The van der Waals surface area contributed by atoms with E-state index in [1.54, 1.807) is 11.8 Å². The van der Waals surface area contributed by atoms with E-state index in [0.717, 1.165) is 24.8 Å². The van der Waals surface area contributed by atoms with Crippen LogP contribution in [0.2, 0.25) is 0 Å². The van der Waals surface area contributed by atoms with E-state index in [0.29, 0.717) is 28.8 Å². The van der Waals surface area contributed by atoms with Crippen LogP contribution in [0.15, 0.2) is 47.4 Å². The number of unbranched alkanes of at least 4 members (excludes halogenated alkanes) is 2. The van der Waals surface area contributed by atoms with E-state index in [9.17, 15) is 9.59 Å². The summed E-state index contributed by atoms with van der Waals surface area (Å²) < 4.78 is 5.50. The van der Waals surface area contributed by atoms with E-state index < -0.39 is 0 Å². The minimum Gasteiger partial charge on any atom is -0.466 e. The van der Waals surface area contributed by atoms with Crippen molar-refractivity contribution in [1.82, 2.24) is 4.90 Å². The molecule has 1 aliphatic rings. The number of carbonyl (C=O) groups excluding carboxylic acids is 2. The first kappa shape index (κ1) is 20.4. The summed E-state index contributed by atoms with van der Waals surface area (Å²) in [7, 11) is 0. The number of amides is 1. The zero-order chi connectivity index (χ0) is 18.8. The van der Waals surface area contributed by atoms with Gasteiger partial charge in [0, 0.05) is 13.0 Å². The maximum absolute atomic E-state index is 12.5. The molecule has 0 unspecified atom stereocenters. The predicted molar refractivity (Wildman–Crippen MR) is 111 cm³/mol. The first-order chi connectivity index (χ1) is 12.6. The average molecular weight is 390 g/mol. The third-order valence-corrected chi connectivity index (χ3v) is 5.17. The van der Waals surface area contributed by atoms with Gasteiger partial charge in [-0.15, -0.1) is 0 Å². The molecule has 0 radical (unpaired) electrons. The number of thiocarbonyl (C=S) groups is 1. The van der Waals surface area contributed by atoms with E-state index in [1.807, 2.05) is 48.6 Å². The Bertz CT molecular complexity index is 698. The minimum atomic E-state index is -0.161. The van der Waals surface area contributed by atoms with Crippen LogP contribution in [-0.4, -0.2) is 34.2 Å². The van der Waals surface area contributed by atoms with Crippen molar-refractivity contribution in [3.8, 4) is 0 Å². The number of allylic oxidation sites excluding steroid dienone is 2. The Morgan fingerprint density at radius 2 is 2.00 bits per heavy atom. The van der Waals surface area contributed by atoms with Gasteiger partial charge >= 0.3 is 5.97 Å². The zero-order valence-corrected chi connectivity index (χ0v) is 16.5. The van der Waals surface area contributed by atoms with Crippen molar-refractivity contribution >= 4 is 46.3 Å². The quantitative estimate of drug-likeness (QED) is 0.268. The zero-order valence-electron chi connectivity index (χ0n) is 14.8. The molecule has 0 atom stereocenters. The maximum atomic E-state index is 12.5. The SMILES string of the molecule is CCOC(=O)CCCCCN1C(=O)/C(=C\C=C\c2ccccc2)SC1=S. The standard InChI is InChI=1S/C20H23NO3S2/c1-2-24-18(22)14-7-4-8-15-21-19(23)17(26-20(21)25)13-9-12-16-10-5-3-6-11-16/h3,5-6,9-13H,2,4,7-8,14-15H2,1H3/b12-9+,17-13+. The number of hydrogen-bond donors (Lipinski definition) is 0. The molecule has 0 spiro atoms. The molecule has 6 heteroatoms. The van der Waals surface area contributed by atoms with E-state index in [4.69, 9.17) is 17.0 Å². The second kappa shape index (κ2) is 10.9. The molecule has 138 valence electrons. The van der Waals surface area contributed by atoms with Crippen LogP contribution in [0.25, 0.3) is 6.08 Å². The van der Waals surface area contributed by atoms with Crippen molar-refractivity contribution in [3.63, 3.8) is 0 Å². The summed E-state index contributed by atoms with van der Waals surface area (Å²) in [5.74, 6) is -0.200. The Morgan fingerprint density at radius 1 is 1.23 bits per heavy atom. The number of nitrogens with zero attached hydrogens (tertiary/aromatic N) is 1. The summed E-state index contributed by atoms with van der Waals surface area (Å²) >= 11 is 6.66. The van der Waals surface area contributed by atoms with E-state index >= 15 is 0 Å². The highest BCUT2D eigenvalue weighted by atomic mass is 32.2. The molecule has 1 aromatic rings. The van der Waals surface area contributed by atoms with Crippen LogP contribution < -0.4 is 0 Å². The lowest BCUT2D eigenvalue weighted by Gasteiger charge is -2.13. The van der Waals surface area contributed by atoms with Crippen molar-refractivity contribution in [1.29, 1.82) is 0 Å². The second-order valence-electron chi connectivity index (χ2n) is 5.74. The number of rotatable bonds is 9. The maximum Gasteiger partial charge on any atom is 0.305 e. The molecule has 1 aliphatic heterocycles. The summed E-state index contributed by atoms with van der Waals surface area (Å²) in [5.41, 5.74) is 1.08. The van der Waals surface area contributed by atoms with E-state index in [-0.39, 0.29) is 11.9 Å². The largest absolute Gasteiger partial charge is 0.466 e. The summed E-state index contributed by atoms with van der Waals surface area (Å²) in [6.45, 7) is 2.81. The number of esters is 1. The number of hydrogen-bond acceptors (Lipinski definition) is 5. The van der Waals surface area contributed by atoms with Crippen molar-refractivity contribution < 1.29 is 14.3 Å². The van der Waals surface area contributed by atoms with Crippen molar-refractivity contribution in [2.24, 2.45) is 0 Å². The molecule has 1 amide bonds. The van der Waals surface area contributed by atoms with Crippen molar-refractivity contribution in [2.75, 3.05) is 13.2 Å². The molecule has 0 saturated carbocycles. The molecule has 0 bridgehead atoms. The lowest BCUT2D eigenvalue weighted by Crippen LogP contribution is -2.29. The van der Waals surface area contributed by atoms with Gasteiger partial charge in [0.1, 0.15) is 4.32 Å². The number of thioether (sulfide) groups is 1. The van der Waals surface area contributed by atoms with Gasteiger partial charge in [0.15, 0.2) is 0 Å². The molecular weight excluding hydrogens is 366 g/mol.